The quantitative estimate of drug-likeness (QED) is 0.676. The van der Waals surface area contributed by atoms with Gasteiger partial charge in [-0.15, -0.1) is 0 Å². The molecule has 3 nitrogen and oxygen atoms in total. The average Bonchev–Trinajstić information content (AvgIpc) is 2.88. The van der Waals surface area contributed by atoms with Gasteiger partial charge in [-0.1, -0.05) is 15.9 Å². The molecule has 0 aliphatic carbocycles. The van der Waals surface area contributed by atoms with Crippen molar-refractivity contribution < 1.29 is 9.53 Å². The van der Waals surface area contributed by atoms with Gasteiger partial charge in [-0.05, 0) is 48.4 Å². The third kappa shape index (κ3) is 2.20. The molecule has 3 rings (SSSR count). The summed E-state index contributed by atoms with van der Waals surface area (Å²) in [5.41, 5.74) is 9.71. The fourth-order valence-corrected chi connectivity index (χ4v) is 2.92. The molecule has 102 valence electrons. The maximum atomic E-state index is 12.7. The molecule has 1 heterocycles. The maximum Gasteiger partial charge on any atom is 0.196 e. The Morgan fingerprint density at radius 1 is 1.30 bits per heavy atom. The number of nitrogen functional groups attached to an aromatic ring is 1. The van der Waals surface area contributed by atoms with E-state index in [4.69, 9.17) is 10.5 Å². The Morgan fingerprint density at radius 2 is 2.10 bits per heavy atom. The van der Waals surface area contributed by atoms with Crippen LogP contribution in [0, 0.1) is 6.92 Å². The highest BCUT2D eigenvalue weighted by atomic mass is 79.9. The van der Waals surface area contributed by atoms with Crippen LogP contribution in [0.4, 0.5) is 5.69 Å². The van der Waals surface area contributed by atoms with Gasteiger partial charge in [-0.2, -0.15) is 0 Å². The molecule has 0 unspecified atom stereocenters. The lowest BCUT2D eigenvalue weighted by Gasteiger charge is -2.09. The molecular weight excluding hydrogens is 318 g/mol. The molecule has 0 amide bonds. The van der Waals surface area contributed by atoms with Crippen molar-refractivity contribution in [2.45, 2.75) is 13.3 Å². The normalized spacial score (nSPS) is 12.9. The van der Waals surface area contributed by atoms with Crippen LogP contribution in [0.5, 0.6) is 5.75 Å². The molecule has 0 aromatic heterocycles. The molecule has 0 atom stereocenters. The van der Waals surface area contributed by atoms with Crippen molar-refractivity contribution in [3.05, 3.63) is 57.1 Å². The number of hydrogen-bond donors (Lipinski definition) is 1. The second-order valence-corrected chi connectivity index (χ2v) is 5.86. The van der Waals surface area contributed by atoms with Crippen LogP contribution in [0.3, 0.4) is 0 Å². The Bertz CT molecular complexity index is 710. The van der Waals surface area contributed by atoms with Gasteiger partial charge in [0.2, 0.25) is 0 Å². The molecule has 2 aromatic rings. The molecular formula is C16H14BrNO2. The number of rotatable bonds is 2. The van der Waals surface area contributed by atoms with Crippen molar-refractivity contribution in [3.8, 4) is 5.75 Å². The van der Waals surface area contributed by atoms with E-state index in [2.05, 4.69) is 15.9 Å². The van der Waals surface area contributed by atoms with Crippen LogP contribution in [0.15, 0.2) is 34.8 Å². The first kappa shape index (κ1) is 13.2. The largest absolute Gasteiger partial charge is 0.492 e. The summed E-state index contributed by atoms with van der Waals surface area (Å²) in [6.07, 6.45) is 0.843. The zero-order valence-electron chi connectivity index (χ0n) is 11.1. The first-order valence-corrected chi connectivity index (χ1v) is 7.21. The number of ether oxygens (including phenoxy) is 1. The minimum absolute atomic E-state index is 0.0347. The zero-order chi connectivity index (χ0) is 14.3. The lowest BCUT2D eigenvalue weighted by Crippen LogP contribution is -2.05. The Hall–Kier alpha value is -1.81. The molecule has 1 aliphatic rings. The minimum atomic E-state index is -0.0347. The summed E-state index contributed by atoms with van der Waals surface area (Å²) in [5, 5.41) is 0. The van der Waals surface area contributed by atoms with E-state index in [0.29, 0.717) is 29.2 Å². The summed E-state index contributed by atoms with van der Waals surface area (Å²) >= 11 is 3.45. The highest BCUT2D eigenvalue weighted by Gasteiger charge is 2.22. The van der Waals surface area contributed by atoms with Crippen molar-refractivity contribution in [3.63, 3.8) is 0 Å². The van der Waals surface area contributed by atoms with Gasteiger partial charge in [0.05, 0.1) is 12.2 Å². The number of halogens is 1. The predicted octanol–water partition coefficient (Wildman–Crippen LogP) is 3.51. The van der Waals surface area contributed by atoms with E-state index in [0.717, 1.165) is 22.0 Å². The summed E-state index contributed by atoms with van der Waals surface area (Å²) in [7, 11) is 0. The molecule has 0 saturated heterocycles. The van der Waals surface area contributed by atoms with E-state index < -0.39 is 0 Å². The Labute approximate surface area is 125 Å². The number of fused-ring (bicyclic) bond motifs is 1. The first-order valence-electron chi connectivity index (χ1n) is 6.42. The van der Waals surface area contributed by atoms with Gasteiger partial charge in [-0.25, -0.2) is 0 Å². The van der Waals surface area contributed by atoms with Crippen LogP contribution in [0.2, 0.25) is 0 Å². The van der Waals surface area contributed by atoms with Gasteiger partial charge in [0.1, 0.15) is 5.75 Å². The zero-order valence-corrected chi connectivity index (χ0v) is 12.7. The van der Waals surface area contributed by atoms with E-state index >= 15 is 0 Å². The van der Waals surface area contributed by atoms with Crippen LogP contribution in [0.25, 0.3) is 0 Å². The molecule has 1 aliphatic heterocycles. The standard InChI is InChI=1S/C16H14BrNO2/c1-9-6-10(2-3-14(9)18)15(19)13-8-12(17)7-11-4-5-20-16(11)13/h2-3,6-8H,4-5,18H2,1H3. The van der Waals surface area contributed by atoms with Gasteiger partial charge in [0.15, 0.2) is 5.78 Å². The number of anilines is 1. The van der Waals surface area contributed by atoms with Crippen LogP contribution < -0.4 is 10.5 Å². The van der Waals surface area contributed by atoms with E-state index in [1.165, 1.54) is 0 Å². The highest BCUT2D eigenvalue weighted by Crippen LogP contribution is 2.34. The van der Waals surface area contributed by atoms with Crippen molar-refractivity contribution in [2.24, 2.45) is 0 Å². The lowest BCUT2D eigenvalue weighted by molar-refractivity contribution is 0.103. The third-order valence-electron chi connectivity index (χ3n) is 3.53. The Kier molecular flexibility index (Phi) is 3.26. The van der Waals surface area contributed by atoms with Gasteiger partial charge < -0.3 is 10.5 Å². The molecule has 0 bridgehead atoms. The monoisotopic (exact) mass is 331 g/mol. The predicted molar refractivity (Wildman–Crippen MR) is 82.4 cm³/mol. The fourth-order valence-electron chi connectivity index (χ4n) is 2.41. The van der Waals surface area contributed by atoms with Gasteiger partial charge in [0.25, 0.3) is 0 Å². The van der Waals surface area contributed by atoms with E-state index in [1.54, 1.807) is 12.1 Å². The summed E-state index contributed by atoms with van der Waals surface area (Å²) in [5.74, 6) is 0.681. The minimum Gasteiger partial charge on any atom is -0.492 e. The van der Waals surface area contributed by atoms with E-state index in [-0.39, 0.29) is 5.78 Å². The fraction of sp³-hybridized carbons (Fsp3) is 0.188. The Morgan fingerprint density at radius 3 is 2.85 bits per heavy atom. The van der Waals surface area contributed by atoms with Crippen molar-refractivity contribution >= 4 is 27.4 Å². The number of benzene rings is 2. The number of carbonyl (C=O) groups excluding carboxylic acids is 1. The SMILES string of the molecule is Cc1cc(C(=O)c2cc(Br)cc3c2OCC3)ccc1N. The molecule has 0 spiro atoms. The van der Waals surface area contributed by atoms with Crippen molar-refractivity contribution in [1.82, 2.24) is 0 Å². The summed E-state index contributed by atoms with van der Waals surface area (Å²) in [6, 6.07) is 9.17. The summed E-state index contributed by atoms with van der Waals surface area (Å²) in [4.78, 5) is 12.7. The van der Waals surface area contributed by atoms with Crippen LogP contribution in [-0.2, 0) is 6.42 Å². The molecule has 2 aromatic carbocycles. The molecule has 4 heteroatoms. The molecule has 2 N–H and O–H groups in total. The van der Waals surface area contributed by atoms with Crippen LogP contribution in [0.1, 0.15) is 27.0 Å². The Balaban J connectivity index is 2.09. The smallest absolute Gasteiger partial charge is 0.196 e. The number of hydrogen-bond acceptors (Lipinski definition) is 3. The van der Waals surface area contributed by atoms with Gasteiger partial charge in [-0.3, -0.25) is 4.79 Å². The number of nitrogens with two attached hydrogens (primary N) is 1. The van der Waals surface area contributed by atoms with Crippen LogP contribution >= 0.6 is 15.9 Å². The average molecular weight is 332 g/mol. The van der Waals surface area contributed by atoms with Crippen molar-refractivity contribution in [2.75, 3.05) is 12.3 Å². The van der Waals surface area contributed by atoms with E-state index in [1.807, 2.05) is 25.1 Å². The van der Waals surface area contributed by atoms with Crippen molar-refractivity contribution in [1.29, 1.82) is 0 Å². The first-order chi connectivity index (χ1) is 9.56. The maximum absolute atomic E-state index is 12.7. The third-order valence-corrected chi connectivity index (χ3v) is 3.98. The molecule has 0 fully saturated rings. The molecule has 0 saturated carbocycles. The topological polar surface area (TPSA) is 52.3 Å². The number of ketones is 1. The lowest BCUT2D eigenvalue weighted by atomic mass is 9.98. The molecule has 20 heavy (non-hydrogen) atoms. The van der Waals surface area contributed by atoms with Crippen LogP contribution in [-0.4, -0.2) is 12.4 Å². The number of aryl methyl sites for hydroxylation is 1. The second-order valence-electron chi connectivity index (χ2n) is 4.94. The summed E-state index contributed by atoms with van der Waals surface area (Å²) in [6.45, 7) is 2.53. The second kappa shape index (κ2) is 4.94. The summed E-state index contributed by atoms with van der Waals surface area (Å²) < 4.78 is 6.52. The van der Waals surface area contributed by atoms with Gasteiger partial charge in [0, 0.05) is 22.1 Å². The van der Waals surface area contributed by atoms with E-state index in [9.17, 15) is 4.79 Å². The van der Waals surface area contributed by atoms with Gasteiger partial charge >= 0.3 is 0 Å². The highest BCUT2D eigenvalue weighted by molar-refractivity contribution is 9.10. The number of carbonyl (C=O) groups is 1. The molecule has 0 radical (unpaired) electrons.